The van der Waals surface area contributed by atoms with Gasteiger partial charge in [-0.2, -0.15) is 0 Å². The summed E-state index contributed by atoms with van der Waals surface area (Å²) in [6.07, 6.45) is 0. The maximum absolute atomic E-state index is 6.63. The molecule has 57 heavy (non-hydrogen) atoms. The Labute approximate surface area is 331 Å². The molecule has 12 rings (SSSR count). The maximum atomic E-state index is 6.63. The zero-order valence-corrected chi connectivity index (χ0v) is 32.9. The number of benzene rings is 8. The Balaban J connectivity index is 1.11. The first-order valence-corrected chi connectivity index (χ1v) is 23.6. The summed E-state index contributed by atoms with van der Waals surface area (Å²) in [5.74, 6) is 0.732. The van der Waals surface area contributed by atoms with E-state index in [9.17, 15) is 0 Å². The number of fused-ring (bicyclic) bond motifs is 10. The zero-order valence-electron chi connectivity index (χ0n) is 30.8. The van der Waals surface area contributed by atoms with Gasteiger partial charge in [0.15, 0.2) is 0 Å². The van der Waals surface area contributed by atoms with Crippen LogP contribution in [0.3, 0.4) is 0 Å². The first-order chi connectivity index (χ1) is 28.3. The fourth-order valence-electron chi connectivity index (χ4n) is 9.46. The minimum absolute atomic E-state index is 0.732. The fraction of sp³-hybridized carbons (Fsp3) is 0. The summed E-state index contributed by atoms with van der Waals surface area (Å²) < 4.78 is 14.3. The van der Waals surface area contributed by atoms with Crippen LogP contribution in [-0.2, 0) is 0 Å². The summed E-state index contributed by atoms with van der Waals surface area (Å²) in [4.78, 5) is 11.2. The SMILES string of the molecule is c1ccc(-c2nc(-c3ccc(-n4c5ccccc5c5ccc6c7ccccc7oc6c54)cc3)n[c]3c2-c2cccc[c]2[Ge]3([c]2ccccc2)[c]2ccccc2)cc1. The molecule has 4 nitrogen and oxygen atoms in total. The van der Waals surface area contributed by atoms with E-state index in [-0.39, 0.29) is 0 Å². The van der Waals surface area contributed by atoms with Gasteiger partial charge in [-0.15, -0.1) is 0 Å². The molecule has 0 saturated heterocycles. The fourth-order valence-corrected chi connectivity index (χ4v) is 20.0. The van der Waals surface area contributed by atoms with Crippen molar-refractivity contribution in [2.45, 2.75) is 0 Å². The van der Waals surface area contributed by atoms with E-state index in [4.69, 9.17) is 14.4 Å². The molecule has 0 bridgehead atoms. The third-order valence-corrected chi connectivity index (χ3v) is 21.8. The predicted molar refractivity (Wildman–Crippen MR) is 237 cm³/mol. The van der Waals surface area contributed by atoms with Crippen LogP contribution in [0, 0.1) is 0 Å². The van der Waals surface area contributed by atoms with Crippen molar-refractivity contribution in [3.05, 3.63) is 200 Å². The van der Waals surface area contributed by atoms with Crippen molar-refractivity contribution < 1.29 is 4.42 Å². The molecular formula is C52H33GeN3O. The Morgan fingerprint density at radius 1 is 0.456 bits per heavy atom. The van der Waals surface area contributed by atoms with Gasteiger partial charge in [-0.1, -0.05) is 18.2 Å². The monoisotopic (exact) mass is 789 g/mol. The Morgan fingerprint density at radius 3 is 1.82 bits per heavy atom. The van der Waals surface area contributed by atoms with E-state index in [1.807, 2.05) is 6.07 Å². The zero-order chi connectivity index (χ0) is 37.5. The van der Waals surface area contributed by atoms with Crippen LogP contribution in [0.15, 0.2) is 205 Å². The van der Waals surface area contributed by atoms with Crippen LogP contribution in [0.1, 0.15) is 0 Å². The van der Waals surface area contributed by atoms with Gasteiger partial charge in [0.25, 0.3) is 0 Å². The van der Waals surface area contributed by atoms with Crippen LogP contribution < -0.4 is 17.7 Å². The molecule has 11 aromatic rings. The third-order valence-electron chi connectivity index (χ3n) is 11.9. The number of nitrogens with zero attached hydrogens (tertiary/aromatic N) is 3. The molecule has 3 aromatic heterocycles. The summed E-state index contributed by atoms with van der Waals surface area (Å²) in [6.45, 7) is 0. The Bertz CT molecular complexity index is 3300. The van der Waals surface area contributed by atoms with Crippen LogP contribution in [0.25, 0.3) is 83.2 Å². The van der Waals surface area contributed by atoms with E-state index in [1.54, 1.807) is 0 Å². The van der Waals surface area contributed by atoms with Crippen molar-refractivity contribution in [2.24, 2.45) is 0 Å². The molecule has 0 N–H and O–H groups in total. The molecule has 1 aliphatic rings. The first-order valence-electron chi connectivity index (χ1n) is 19.4. The van der Waals surface area contributed by atoms with Crippen LogP contribution in [0.2, 0.25) is 0 Å². The van der Waals surface area contributed by atoms with Crippen LogP contribution >= 0.6 is 0 Å². The molecular weight excluding hydrogens is 755 g/mol. The molecule has 0 fully saturated rings. The number of hydrogen-bond acceptors (Lipinski definition) is 3. The molecule has 0 spiro atoms. The predicted octanol–water partition coefficient (Wildman–Crippen LogP) is 10.2. The molecule has 4 heterocycles. The van der Waals surface area contributed by atoms with Crippen molar-refractivity contribution in [2.75, 3.05) is 0 Å². The molecule has 0 unspecified atom stereocenters. The van der Waals surface area contributed by atoms with Crippen molar-refractivity contribution in [3.63, 3.8) is 0 Å². The van der Waals surface area contributed by atoms with Crippen LogP contribution in [0.5, 0.6) is 0 Å². The molecule has 5 heteroatoms. The van der Waals surface area contributed by atoms with E-state index in [0.717, 1.165) is 66.9 Å². The van der Waals surface area contributed by atoms with E-state index in [1.165, 1.54) is 34.1 Å². The van der Waals surface area contributed by atoms with Crippen LogP contribution in [0.4, 0.5) is 0 Å². The average molecular weight is 788 g/mol. The second kappa shape index (κ2) is 12.5. The van der Waals surface area contributed by atoms with Crippen LogP contribution in [-0.4, -0.2) is 27.8 Å². The number of furan rings is 1. The van der Waals surface area contributed by atoms with Gasteiger partial charge in [0.05, 0.1) is 0 Å². The van der Waals surface area contributed by atoms with Gasteiger partial charge < -0.3 is 0 Å². The summed E-state index contributed by atoms with van der Waals surface area (Å²) >= 11 is -3.65. The van der Waals surface area contributed by atoms with Crippen molar-refractivity contribution in [1.29, 1.82) is 0 Å². The summed E-state index contributed by atoms with van der Waals surface area (Å²) in [5.41, 5.74) is 10.5. The molecule has 1 aliphatic heterocycles. The number of para-hydroxylation sites is 2. The number of hydrogen-bond donors (Lipinski definition) is 0. The van der Waals surface area contributed by atoms with E-state index in [0.29, 0.717) is 0 Å². The standard InChI is InChI=1S/C52H33GeN3O/c1-4-16-34(17-5-1)48-47-43-24-10-13-25-44(43)53(36-18-6-2-7-19-36,37-20-8-3-9-21-37)51(47)55-52(54-48)35-28-30-38(31-29-35)56-45-26-14-11-22-39(45)41-32-33-42-40-23-12-15-27-46(40)57-50(42)49(41)56/h1-33H. The summed E-state index contributed by atoms with van der Waals surface area (Å²) in [6, 6.07) is 72.0. The quantitative estimate of drug-likeness (QED) is 0.163. The van der Waals surface area contributed by atoms with Crippen molar-refractivity contribution in [1.82, 2.24) is 14.5 Å². The van der Waals surface area contributed by atoms with Gasteiger partial charge in [0.1, 0.15) is 0 Å². The molecule has 266 valence electrons. The molecule has 0 atom stereocenters. The van der Waals surface area contributed by atoms with Gasteiger partial charge in [-0.25, -0.2) is 0 Å². The Morgan fingerprint density at radius 2 is 1.07 bits per heavy atom. The first kappa shape index (κ1) is 32.2. The van der Waals surface area contributed by atoms with E-state index < -0.39 is 13.3 Å². The van der Waals surface area contributed by atoms with E-state index in [2.05, 4.69) is 199 Å². The van der Waals surface area contributed by atoms with E-state index >= 15 is 0 Å². The number of aromatic nitrogens is 3. The molecule has 0 aliphatic carbocycles. The Kier molecular flexibility index (Phi) is 7.07. The molecule has 0 radical (unpaired) electrons. The molecule has 8 aromatic carbocycles. The second-order valence-electron chi connectivity index (χ2n) is 14.8. The van der Waals surface area contributed by atoms with Gasteiger partial charge >= 0.3 is 309 Å². The molecule has 0 saturated carbocycles. The average Bonchev–Trinajstić information content (AvgIpc) is 3.94. The van der Waals surface area contributed by atoms with Gasteiger partial charge in [-0.05, 0) is 6.07 Å². The van der Waals surface area contributed by atoms with Gasteiger partial charge in [0, 0.05) is 0 Å². The summed E-state index contributed by atoms with van der Waals surface area (Å²) in [7, 11) is 0. The third kappa shape index (κ3) is 4.62. The van der Waals surface area contributed by atoms with Crippen molar-refractivity contribution >= 4 is 74.7 Å². The van der Waals surface area contributed by atoms with Gasteiger partial charge in [-0.3, -0.25) is 0 Å². The normalized spacial score (nSPS) is 13.1. The molecule has 0 amide bonds. The second-order valence-corrected chi connectivity index (χ2v) is 22.5. The summed E-state index contributed by atoms with van der Waals surface area (Å²) in [5, 5.41) is 4.60. The van der Waals surface area contributed by atoms with Crippen molar-refractivity contribution in [3.8, 4) is 39.5 Å². The minimum atomic E-state index is -3.65. The van der Waals surface area contributed by atoms with Gasteiger partial charge in [0.2, 0.25) is 0 Å². The Hall–Kier alpha value is -7.02. The number of rotatable bonds is 5. The topological polar surface area (TPSA) is 43.9 Å².